The van der Waals surface area contributed by atoms with Crippen LogP contribution in [0.2, 0.25) is 0 Å². The first kappa shape index (κ1) is 21.6. The van der Waals surface area contributed by atoms with Gasteiger partial charge in [0, 0.05) is 11.8 Å². The van der Waals surface area contributed by atoms with Crippen molar-refractivity contribution in [2.45, 2.75) is 40.0 Å². The van der Waals surface area contributed by atoms with Gasteiger partial charge in [-0.1, -0.05) is 45.4 Å². The first-order valence-electron chi connectivity index (χ1n) is 10.1. The number of hydrogen-bond acceptors (Lipinski definition) is 4. The van der Waals surface area contributed by atoms with Gasteiger partial charge in [0.15, 0.2) is 0 Å². The van der Waals surface area contributed by atoms with Crippen LogP contribution in [0.25, 0.3) is 0 Å². The number of amides is 1. The SMILES string of the molecule is CCCCOc1ccccc1NC(=O)CNc1cccc(OCCC(C)C)c1. The molecule has 0 aromatic heterocycles. The van der Waals surface area contributed by atoms with Gasteiger partial charge in [0.05, 0.1) is 25.4 Å². The summed E-state index contributed by atoms with van der Waals surface area (Å²) in [4.78, 5) is 12.3. The first-order chi connectivity index (χ1) is 13.6. The van der Waals surface area contributed by atoms with Crippen molar-refractivity contribution in [1.29, 1.82) is 0 Å². The van der Waals surface area contributed by atoms with Crippen LogP contribution in [0, 0.1) is 5.92 Å². The summed E-state index contributed by atoms with van der Waals surface area (Å²) in [5, 5.41) is 6.05. The van der Waals surface area contributed by atoms with E-state index in [0.717, 1.165) is 30.7 Å². The lowest BCUT2D eigenvalue weighted by Crippen LogP contribution is -2.22. The van der Waals surface area contributed by atoms with Crippen LogP contribution in [0.3, 0.4) is 0 Å². The molecule has 0 aliphatic rings. The highest BCUT2D eigenvalue weighted by Gasteiger charge is 2.08. The third kappa shape index (κ3) is 7.91. The van der Waals surface area contributed by atoms with Crippen LogP contribution >= 0.6 is 0 Å². The van der Waals surface area contributed by atoms with Gasteiger partial charge in [-0.3, -0.25) is 4.79 Å². The van der Waals surface area contributed by atoms with Crippen molar-refractivity contribution in [3.8, 4) is 11.5 Å². The summed E-state index contributed by atoms with van der Waals surface area (Å²) in [7, 11) is 0. The molecule has 2 aromatic carbocycles. The number of nitrogens with one attached hydrogen (secondary N) is 2. The van der Waals surface area contributed by atoms with Gasteiger partial charge in [-0.25, -0.2) is 0 Å². The first-order valence-corrected chi connectivity index (χ1v) is 10.1. The van der Waals surface area contributed by atoms with Crippen molar-refractivity contribution in [1.82, 2.24) is 0 Å². The summed E-state index contributed by atoms with van der Waals surface area (Å²) < 4.78 is 11.5. The van der Waals surface area contributed by atoms with Crippen LogP contribution in [0.5, 0.6) is 11.5 Å². The third-order valence-corrected chi connectivity index (χ3v) is 4.17. The molecule has 1 amide bonds. The van der Waals surface area contributed by atoms with E-state index in [9.17, 15) is 4.79 Å². The zero-order chi connectivity index (χ0) is 20.2. The summed E-state index contributed by atoms with van der Waals surface area (Å²) in [5.74, 6) is 1.99. The molecule has 0 bridgehead atoms. The van der Waals surface area contributed by atoms with Crippen molar-refractivity contribution in [3.05, 3.63) is 48.5 Å². The summed E-state index contributed by atoms with van der Waals surface area (Å²) in [6.07, 6.45) is 3.07. The van der Waals surface area contributed by atoms with Crippen LogP contribution in [-0.4, -0.2) is 25.7 Å². The van der Waals surface area contributed by atoms with Gasteiger partial charge in [-0.15, -0.1) is 0 Å². The fourth-order valence-corrected chi connectivity index (χ4v) is 2.51. The number of carbonyl (C=O) groups excluding carboxylic acids is 1. The topological polar surface area (TPSA) is 59.6 Å². The second-order valence-corrected chi connectivity index (χ2v) is 7.16. The highest BCUT2D eigenvalue weighted by Crippen LogP contribution is 2.24. The Hall–Kier alpha value is -2.69. The number of hydrogen-bond donors (Lipinski definition) is 2. The summed E-state index contributed by atoms with van der Waals surface area (Å²) in [6.45, 7) is 7.97. The molecule has 0 atom stereocenters. The maximum atomic E-state index is 12.3. The molecule has 0 saturated heterocycles. The van der Waals surface area contributed by atoms with E-state index in [-0.39, 0.29) is 12.5 Å². The third-order valence-electron chi connectivity index (χ3n) is 4.17. The molecule has 0 unspecified atom stereocenters. The Balaban J connectivity index is 1.84. The van der Waals surface area contributed by atoms with Crippen LogP contribution in [0.15, 0.2) is 48.5 Å². The van der Waals surface area contributed by atoms with Gasteiger partial charge in [-0.05, 0) is 43.0 Å². The average molecular weight is 385 g/mol. The van der Waals surface area contributed by atoms with Crippen LogP contribution in [0.1, 0.15) is 40.0 Å². The van der Waals surface area contributed by atoms with E-state index in [0.29, 0.717) is 30.6 Å². The maximum Gasteiger partial charge on any atom is 0.243 e. The lowest BCUT2D eigenvalue weighted by molar-refractivity contribution is -0.114. The lowest BCUT2D eigenvalue weighted by Gasteiger charge is -2.13. The molecular weight excluding hydrogens is 352 g/mol. The summed E-state index contributed by atoms with van der Waals surface area (Å²) in [5.41, 5.74) is 1.54. The highest BCUT2D eigenvalue weighted by atomic mass is 16.5. The summed E-state index contributed by atoms with van der Waals surface area (Å²) >= 11 is 0. The predicted octanol–water partition coefficient (Wildman–Crippen LogP) is 5.34. The molecule has 2 N–H and O–H groups in total. The van der Waals surface area contributed by atoms with Crippen molar-refractivity contribution < 1.29 is 14.3 Å². The second-order valence-electron chi connectivity index (χ2n) is 7.16. The van der Waals surface area contributed by atoms with E-state index in [2.05, 4.69) is 31.4 Å². The van der Waals surface area contributed by atoms with Crippen LogP contribution < -0.4 is 20.1 Å². The molecule has 0 radical (unpaired) electrons. The quantitative estimate of drug-likeness (QED) is 0.485. The Bertz CT molecular complexity index is 731. The minimum absolute atomic E-state index is 0.127. The average Bonchev–Trinajstić information content (AvgIpc) is 2.68. The molecule has 2 rings (SSSR count). The van der Waals surface area contributed by atoms with E-state index in [1.807, 2.05) is 48.5 Å². The van der Waals surface area contributed by atoms with Crippen LogP contribution in [0.4, 0.5) is 11.4 Å². The van der Waals surface area contributed by atoms with Crippen molar-refractivity contribution >= 4 is 17.3 Å². The monoisotopic (exact) mass is 384 g/mol. The van der Waals surface area contributed by atoms with Crippen molar-refractivity contribution in [2.24, 2.45) is 5.92 Å². The molecule has 5 heteroatoms. The smallest absolute Gasteiger partial charge is 0.243 e. The Morgan fingerprint density at radius 3 is 2.64 bits per heavy atom. The number of unbranched alkanes of at least 4 members (excludes halogenated alkanes) is 1. The largest absolute Gasteiger partial charge is 0.494 e. The second kappa shape index (κ2) is 11.9. The molecule has 0 spiro atoms. The molecule has 2 aromatic rings. The molecule has 5 nitrogen and oxygen atoms in total. The Kier molecular flexibility index (Phi) is 9.19. The zero-order valence-corrected chi connectivity index (χ0v) is 17.2. The van der Waals surface area contributed by atoms with Gasteiger partial charge in [-0.2, -0.15) is 0 Å². The highest BCUT2D eigenvalue weighted by molar-refractivity contribution is 5.95. The number of rotatable bonds is 12. The summed E-state index contributed by atoms with van der Waals surface area (Å²) in [6, 6.07) is 15.2. The van der Waals surface area contributed by atoms with Gasteiger partial charge in [0.25, 0.3) is 0 Å². The van der Waals surface area contributed by atoms with Crippen molar-refractivity contribution in [2.75, 3.05) is 30.4 Å². The number of carbonyl (C=O) groups is 1. The van der Waals surface area contributed by atoms with Gasteiger partial charge in [0.1, 0.15) is 11.5 Å². The van der Waals surface area contributed by atoms with Gasteiger partial charge in [0.2, 0.25) is 5.91 Å². The molecule has 152 valence electrons. The number of benzene rings is 2. The molecule has 0 saturated carbocycles. The van der Waals surface area contributed by atoms with E-state index in [1.54, 1.807) is 0 Å². The Labute approximate surface area is 168 Å². The lowest BCUT2D eigenvalue weighted by atomic mass is 10.1. The standard InChI is InChI=1S/C23H32N2O3/c1-4-5-14-28-22-12-7-6-11-21(22)25-23(26)17-24-19-9-8-10-20(16-19)27-15-13-18(2)3/h6-12,16,18,24H,4-5,13-15,17H2,1-3H3,(H,25,26). The molecule has 28 heavy (non-hydrogen) atoms. The Morgan fingerprint density at radius 1 is 1.04 bits per heavy atom. The zero-order valence-electron chi connectivity index (χ0n) is 17.2. The van der Waals surface area contributed by atoms with Gasteiger partial charge < -0.3 is 20.1 Å². The van der Waals surface area contributed by atoms with E-state index in [4.69, 9.17) is 9.47 Å². The van der Waals surface area contributed by atoms with E-state index < -0.39 is 0 Å². The van der Waals surface area contributed by atoms with E-state index >= 15 is 0 Å². The molecule has 0 aliphatic heterocycles. The normalized spacial score (nSPS) is 10.6. The number of para-hydroxylation sites is 2. The van der Waals surface area contributed by atoms with Gasteiger partial charge >= 0.3 is 0 Å². The van der Waals surface area contributed by atoms with Crippen molar-refractivity contribution in [3.63, 3.8) is 0 Å². The number of ether oxygens (including phenoxy) is 2. The molecule has 0 fully saturated rings. The maximum absolute atomic E-state index is 12.3. The Morgan fingerprint density at radius 2 is 1.86 bits per heavy atom. The number of anilines is 2. The molecule has 0 aliphatic carbocycles. The molecule has 0 heterocycles. The van der Waals surface area contributed by atoms with Crippen LogP contribution in [-0.2, 0) is 4.79 Å². The predicted molar refractivity (Wildman–Crippen MR) is 115 cm³/mol. The molecular formula is C23H32N2O3. The fraction of sp³-hybridized carbons (Fsp3) is 0.435. The minimum Gasteiger partial charge on any atom is -0.494 e. The minimum atomic E-state index is -0.127. The fourth-order valence-electron chi connectivity index (χ4n) is 2.51. The van der Waals surface area contributed by atoms with E-state index in [1.165, 1.54) is 0 Å².